The molecule has 0 aromatic heterocycles. The van der Waals surface area contributed by atoms with E-state index in [1.807, 2.05) is 0 Å². The van der Waals surface area contributed by atoms with Gasteiger partial charge in [0.1, 0.15) is 11.6 Å². The van der Waals surface area contributed by atoms with Crippen molar-refractivity contribution in [3.63, 3.8) is 0 Å². The van der Waals surface area contributed by atoms with Crippen molar-refractivity contribution in [3.8, 4) is 0 Å². The Kier molecular flexibility index (Phi) is 17.8. The molecule has 0 aromatic carbocycles. The van der Waals surface area contributed by atoms with Crippen LogP contribution < -0.4 is 10.2 Å². The first-order valence-corrected chi connectivity index (χ1v) is 4.85. The van der Waals surface area contributed by atoms with Gasteiger partial charge in [-0.25, -0.2) is 0 Å². The van der Waals surface area contributed by atoms with Gasteiger partial charge in [0.15, 0.2) is 0 Å². The molecule has 88 valence electrons. The predicted molar refractivity (Wildman–Crippen MR) is 41.3 cm³/mol. The number of Topliss-reactive ketones (excluding diaryl/α,β-unsaturated/α-hetero) is 2. The average Bonchev–Trinajstić information content (AvgIpc) is 2.03. The van der Waals surface area contributed by atoms with Crippen LogP contribution in [0.2, 0.25) is 0 Å². The summed E-state index contributed by atoms with van der Waals surface area (Å²) in [5.41, 5.74) is 0. The van der Waals surface area contributed by atoms with E-state index in [4.69, 9.17) is 2.81 Å². The number of rotatable bonds is 4. The Morgan fingerprint density at radius 1 is 0.812 bits per heavy atom. The van der Waals surface area contributed by atoms with E-state index < -0.39 is 24.8 Å². The monoisotopic (exact) mass is 308 g/mol. The number of hydrogen-bond acceptors (Lipinski definition) is 7. The molecular formula is C8H10O7Zr. The summed E-state index contributed by atoms with van der Waals surface area (Å²) >= 11 is 0.300. The minimum absolute atomic E-state index is 0.300. The van der Waals surface area contributed by atoms with E-state index in [1.165, 1.54) is 13.8 Å². The van der Waals surface area contributed by atoms with E-state index in [9.17, 15) is 29.4 Å². The molecule has 0 radical (unpaired) electrons. The molecule has 0 unspecified atom stereocenters. The van der Waals surface area contributed by atoms with Gasteiger partial charge in [-0.3, -0.25) is 9.59 Å². The normalized spacial score (nSPS) is 7.50. The molecule has 0 heterocycles. The maximum atomic E-state index is 9.83. The van der Waals surface area contributed by atoms with E-state index in [2.05, 4.69) is 0 Å². The summed E-state index contributed by atoms with van der Waals surface area (Å²) in [7, 11) is 0. The molecule has 0 aromatic rings. The molecule has 7 nitrogen and oxygen atoms in total. The second kappa shape index (κ2) is 14.0. The number of carbonyl (C=O) groups excluding carboxylic acids is 4. The van der Waals surface area contributed by atoms with Gasteiger partial charge in [0.2, 0.25) is 0 Å². The molecule has 0 amide bonds. The van der Waals surface area contributed by atoms with Crippen molar-refractivity contribution in [1.82, 2.24) is 0 Å². The first-order valence-electron chi connectivity index (χ1n) is 3.84. The van der Waals surface area contributed by atoms with Crippen molar-refractivity contribution in [2.75, 3.05) is 0 Å². The molecule has 0 N–H and O–H groups in total. The molecule has 0 atom stereocenters. The van der Waals surface area contributed by atoms with Crippen LogP contribution >= 0.6 is 0 Å². The number of ketones is 2. The predicted octanol–water partition coefficient (Wildman–Crippen LogP) is -2.69. The van der Waals surface area contributed by atoms with Crippen molar-refractivity contribution in [1.29, 1.82) is 0 Å². The fourth-order valence-electron chi connectivity index (χ4n) is 0.407. The van der Waals surface area contributed by atoms with Crippen molar-refractivity contribution < 1.29 is 56.9 Å². The minimum atomic E-state index is -1.31. The summed E-state index contributed by atoms with van der Waals surface area (Å²) in [6, 6.07) is 0. The number of carbonyl (C=O) groups is 4. The Bertz CT molecular complexity index is 211. The Balaban J connectivity index is -0.000000183. The number of carboxylic acid groups (broad SMARTS) is 2. The van der Waals surface area contributed by atoms with E-state index in [-0.39, 0.29) is 11.6 Å². The second-order valence-corrected chi connectivity index (χ2v) is 2.50. The molecule has 0 rings (SSSR count). The maximum absolute atomic E-state index is 9.83. The Morgan fingerprint density at radius 2 is 1.00 bits per heavy atom. The molecule has 0 saturated heterocycles. The summed E-state index contributed by atoms with van der Waals surface area (Å²) in [5.74, 6) is -3.37. The molecule has 0 fully saturated rings. The van der Waals surface area contributed by atoms with Crippen LogP contribution in [0.15, 0.2) is 0 Å². The van der Waals surface area contributed by atoms with E-state index in [0.717, 1.165) is 0 Å². The van der Waals surface area contributed by atoms with Gasteiger partial charge in [-0.05, 0) is 13.8 Å². The SMILES string of the molecule is CC(=O)CC(=O)[O-].CC(=O)CC(=O)[O-].[O]=[Zr+2]. The van der Waals surface area contributed by atoms with Gasteiger partial charge in [-0.2, -0.15) is 0 Å². The quantitative estimate of drug-likeness (QED) is 0.516. The molecule has 0 aliphatic carbocycles. The van der Waals surface area contributed by atoms with Gasteiger partial charge in [-0.15, -0.1) is 0 Å². The van der Waals surface area contributed by atoms with Gasteiger partial charge < -0.3 is 19.8 Å². The van der Waals surface area contributed by atoms with Gasteiger partial charge in [0.25, 0.3) is 0 Å². The average molecular weight is 309 g/mol. The van der Waals surface area contributed by atoms with Crippen molar-refractivity contribution >= 4 is 23.5 Å². The number of aliphatic carboxylic acids is 2. The van der Waals surface area contributed by atoms with Crippen LogP contribution in [-0.4, -0.2) is 23.5 Å². The Labute approximate surface area is 107 Å². The van der Waals surface area contributed by atoms with Crippen LogP contribution in [0, 0.1) is 0 Å². The fourth-order valence-corrected chi connectivity index (χ4v) is 0.407. The van der Waals surface area contributed by atoms with Crippen molar-refractivity contribution in [2.45, 2.75) is 26.7 Å². The van der Waals surface area contributed by atoms with E-state index >= 15 is 0 Å². The zero-order valence-electron chi connectivity index (χ0n) is 8.77. The zero-order valence-corrected chi connectivity index (χ0v) is 11.2. The van der Waals surface area contributed by atoms with Crippen LogP contribution in [0.3, 0.4) is 0 Å². The molecule has 8 heteroatoms. The summed E-state index contributed by atoms with van der Waals surface area (Å²) in [6.07, 6.45) is -0.944. The first kappa shape index (κ1) is 20.4. The summed E-state index contributed by atoms with van der Waals surface area (Å²) < 4.78 is 8.34. The van der Waals surface area contributed by atoms with E-state index in [1.54, 1.807) is 0 Å². The van der Waals surface area contributed by atoms with Crippen molar-refractivity contribution in [3.05, 3.63) is 0 Å². The third-order valence-electron chi connectivity index (χ3n) is 0.787. The summed E-state index contributed by atoms with van der Waals surface area (Å²) in [6.45, 7) is 2.41. The Morgan fingerprint density at radius 3 is 1.00 bits per heavy atom. The van der Waals surface area contributed by atoms with Crippen molar-refractivity contribution in [2.24, 2.45) is 0 Å². The summed E-state index contributed by atoms with van der Waals surface area (Å²) in [5, 5.41) is 19.0. The Hall–Kier alpha value is -1.04. The third-order valence-corrected chi connectivity index (χ3v) is 0.787. The zero-order chi connectivity index (χ0) is 13.7. The third kappa shape index (κ3) is 38.3. The van der Waals surface area contributed by atoms with Crippen LogP contribution in [0.4, 0.5) is 0 Å². The topological polar surface area (TPSA) is 131 Å². The molecule has 16 heavy (non-hydrogen) atoms. The standard InChI is InChI=1S/2C4H6O3.O.Zr/c2*1-3(5)2-4(6)7;;/h2*2H2,1H3,(H,6,7);;/q;;;+2/p-2. The van der Waals surface area contributed by atoms with Gasteiger partial charge in [0.05, 0.1) is 0 Å². The molecule has 0 aliphatic heterocycles. The second-order valence-electron chi connectivity index (χ2n) is 2.50. The first-order chi connectivity index (χ1) is 7.25. The van der Waals surface area contributed by atoms with Gasteiger partial charge in [0, 0.05) is 24.8 Å². The van der Waals surface area contributed by atoms with E-state index in [0.29, 0.717) is 24.7 Å². The summed E-state index contributed by atoms with van der Waals surface area (Å²) in [4.78, 5) is 38.6. The fraction of sp³-hybridized carbons (Fsp3) is 0.500. The van der Waals surface area contributed by atoms with Gasteiger partial charge in [-0.1, -0.05) is 0 Å². The molecule has 0 bridgehead atoms. The molecule has 0 saturated carbocycles. The van der Waals surface area contributed by atoms with Crippen LogP contribution in [0.25, 0.3) is 0 Å². The van der Waals surface area contributed by atoms with Crippen LogP contribution in [-0.2, 0) is 46.7 Å². The van der Waals surface area contributed by atoms with Gasteiger partial charge >= 0.3 is 27.5 Å². The molecular weight excluding hydrogens is 299 g/mol. The molecule has 0 aliphatic rings. The number of carboxylic acids is 2. The van der Waals surface area contributed by atoms with Crippen LogP contribution in [0.5, 0.6) is 0 Å². The number of hydrogen-bond donors (Lipinski definition) is 0. The molecule has 0 spiro atoms. The van der Waals surface area contributed by atoms with Crippen LogP contribution in [0.1, 0.15) is 26.7 Å².